The molecule has 1 aliphatic heterocycles. The van der Waals surface area contributed by atoms with Crippen LogP contribution >= 0.6 is 11.6 Å². The fraction of sp³-hybridized carbons (Fsp3) is 0.381. The largest absolute Gasteiger partial charge is 0.487 e. The van der Waals surface area contributed by atoms with Crippen molar-refractivity contribution in [3.05, 3.63) is 64.7 Å². The molecule has 1 N–H and O–H groups in total. The number of hydrogen-bond acceptors (Lipinski definition) is 2. The van der Waals surface area contributed by atoms with Gasteiger partial charge in [-0.25, -0.2) is 0 Å². The van der Waals surface area contributed by atoms with Crippen LogP contribution in [0.3, 0.4) is 0 Å². The number of carbonyl (C=O) groups excluding carboxylic acids is 1. The number of rotatable bonds is 5. The Morgan fingerprint density at radius 1 is 1.16 bits per heavy atom. The molecule has 132 valence electrons. The zero-order chi connectivity index (χ0) is 17.9. The van der Waals surface area contributed by atoms with E-state index in [1.54, 1.807) is 0 Å². The van der Waals surface area contributed by atoms with Gasteiger partial charge in [0.1, 0.15) is 11.4 Å². The Kier molecular flexibility index (Phi) is 5.33. The zero-order valence-corrected chi connectivity index (χ0v) is 15.5. The van der Waals surface area contributed by atoms with Gasteiger partial charge in [0.15, 0.2) is 0 Å². The van der Waals surface area contributed by atoms with Gasteiger partial charge in [-0.05, 0) is 30.5 Å². The topological polar surface area (TPSA) is 38.3 Å². The van der Waals surface area contributed by atoms with Crippen LogP contribution in [0.5, 0.6) is 5.75 Å². The van der Waals surface area contributed by atoms with Crippen LogP contribution in [-0.2, 0) is 11.2 Å². The third kappa shape index (κ3) is 3.82. The summed E-state index contributed by atoms with van der Waals surface area (Å²) in [4.78, 5) is 12.6. The maximum Gasteiger partial charge on any atom is 0.224 e. The van der Waals surface area contributed by atoms with E-state index in [0.717, 1.165) is 36.1 Å². The van der Waals surface area contributed by atoms with E-state index in [9.17, 15) is 4.79 Å². The van der Waals surface area contributed by atoms with Crippen LogP contribution in [0.2, 0.25) is 5.02 Å². The molecule has 3 rings (SSSR count). The number of amides is 1. The summed E-state index contributed by atoms with van der Waals surface area (Å²) in [5.74, 6) is 0.858. The molecule has 2 aromatic rings. The molecule has 0 aliphatic carbocycles. The minimum Gasteiger partial charge on any atom is -0.487 e. The summed E-state index contributed by atoms with van der Waals surface area (Å²) in [6.45, 7) is 4.28. The Labute approximate surface area is 154 Å². The van der Waals surface area contributed by atoms with Crippen LogP contribution in [0.4, 0.5) is 0 Å². The molecule has 3 nitrogen and oxygen atoms in total. The second kappa shape index (κ2) is 7.49. The number of benzene rings is 2. The van der Waals surface area contributed by atoms with Crippen molar-refractivity contribution in [3.8, 4) is 5.75 Å². The van der Waals surface area contributed by atoms with Crippen molar-refractivity contribution >= 4 is 17.5 Å². The summed E-state index contributed by atoms with van der Waals surface area (Å²) < 4.78 is 6.29. The van der Waals surface area contributed by atoms with Crippen molar-refractivity contribution in [1.82, 2.24) is 5.32 Å². The molecule has 1 heterocycles. The molecule has 0 bridgehead atoms. The average Bonchev–Trinajstić information content (AvgIpc) is 2.63. The van der Waals surface area contributed by atoms with Crippen LogP contribution < -0.4 is 10.1 Å². The summed E-state index contributed by atoms with van der Waals surface area (Å²) >= 11 is 6.18. The normalized spacial score (nSPS) is 18.1. The van der Waals surface area contributed by atoms with Crippen LogP contribution in [-0.4, -0.2) is 11.5 Å². The van der Waals surface area contributed by atoms with Gasteiger partial charge in [0.25, 0.3) is 0 Å². The minimum atomic E-state index is -0.226. The first-order chi connectivity index (χ1) is 12.1. The Hall–Kier alpha value is -2.00. The molecule has 0 saturated heterocycles. The smallest absolute Gasteiger partial charge is 0.224 e. The highest BCUT2D eigenvalue weighted by molar-refractivity contribution is 6.31. The van der Waals surface area contributed by atoms with Crippen LogP contribution in [0.25, 0.3) is 0 Å². The van der Waals surface area contributed by atoms with Crippen molar-refractivity contribution in [1.29, 1.82) is 0 Å². The van der Waals surface area contributed by atoms with Crippen molar-refractivity contribution in [3.63, 3.8) is 0 Å². The predicted molar refractivity (Wildman–Crippen MR) is 101 cm³/mol. The Bertz CT molecular complexity index is 755. The molecule has 25 heavy (non-hydrogen) atoms. The SMILES string of the molecule is CCC1(CC)CC(NC(=O)Cc2ccccc2Cl)c2ccccc2O1. The van der Waals surface area contributed by atoms with Gasteiger partial charge >= 0.3 is 0 Å². The first kappa shape index (κ1) is 17.8. The van der Waals surface area contributed by atoms with E-state index in [1.807, 2.05) is 48.5 Å². The standard InChI is InChI=1S/C21H24ClNO2/c1-3-21(4-2)14-18(16-10-6-8-12-19(16)25-21)23-20(24)13-15-9-5-7-11-17(15)22/h5-12,18H,3-4,13-14H2,1-2H3,(H,23,24). The number of hydrogen-bond donors (Lipinski definition) is 1. The second-order valence-electron chi connectivity index (χ2n) is 6.62. The third-order valence-electron chi connectivity index (χ3n) is 5.13. The van der Waals surface area contributed by atoms with E-state index in [1.165, 1.54) is 0 Å². The third-order valence-corrected chi connectivity index (χ3v) is 5.50. The van der Waals surface area contributed by atoms with Crippen molar-refractivity contribution in [2.45, 2.75) is 51.2 Å². The highest BCUT2D eigenvalue weighted by Gasteiger charge is 2.38. The van der Waals surface area contributed by atoms with Gasteiger partial charge in [-0.2, -0.15) is 0 Å². The van der Waals surface area contributed by atoms with Crippen molar-refractivity contribution < 1.29 is 9.53 Å². The Morgan fingerprint density at radius 3 is 2.56 bits per heavy atom. The summed E-state index contributed by atoms with van der Waals surface area (Å²) in [6.07, 6.45) is 2.89. The molecule has 0 radical (unpaired) electrons. The zero-order valence-electron chi connectivity index (χ0n) is 14.7. The fourth-order valence-electron chi connectivity index (χ4n) is 3.49. The molecule has 4 heteroatoms. The highest BCUT2D eigenvalue weighted by Crippen LogP contribution is 2.42. The lowest BCUT2D eigenvalue weighted by atomic mass is 9.83. The summed E-state index contributed by atoms with van der Waals surface area (Å²) in [5, 5.41) is 3.82. The molecule has 1 amide bonds. The summed E-state index contributed by atoms with van der Waals surface area (Å²) in [5.41, 5.74) is 1.67. The fourth-order valence-corrected chi connectivity index (χ4v) is 3.69. The monoisotopic (exact) mass is 357 g/mol. The number of fused-ring (bicyclic) bond motifs is 1. The number of ether oxygens (including phenoxy) is 1. The minimum absolute atomic E-state index is 0.0177. The van der Waals surface area contributed by atoms with Gasteiger partial charge in [-0.3, -0.25) is 4.79 Å². The number of carbonyl (C=O) groups is 1. The van der Waals surface area contributed by atoms with Gasteiger partial charge in [-0.1, -0.05) is 61.8 Å². The molecule has 0 spiro atoms. The molecule has 1 unspecified atom stereocenters. The van der Waals surface area contributed by atoms with E-state index >= 15 is 0 Å². The molecular formula is C21H24ClNO2. The molecule has 1 atom stereocenters. The highest BCUT2D eigenvalue weighted by atomic mass is 35.5. The molecule has 0 aromatic heterocycles. The van der Waals surface area contributed by atoms with E-state index in [-0.39, 0.29) is 24.0 Å². The molecule has 0 fully saturated rings. The van der Waals surface area contributed by atoms with Gasteiger partial charge in [0, 0.05) is 17.0 Å². The van der Waals surface area contributed by atoms with E-state index in [0.29, 0.717) is 5.02 Å². The number of para-hydroxylation sites is 1. The van der Waals surface area contributed by atoms with Crippen LogP contribution in [0.1, 0.15) is 50.3 Å². The van der Waals surface area contributed by atoms with Crippen molar-refractivity contribution in [2.75, 3.05) is 0 Å². The van der Waals surface area contributed by atoms with Crippen LogP contribution in [0, 0.1) is 0 Å². The summed E-state index contributed by atoms with van der Waals surface area (Å²) in [6, 6.07) is 15.4. The van der Waals surface area contributed by atoms with E-state index < -0.39 is 0 Å². The first-order valence-electron chi connectivity index (χ1n) is 8.87. The van der Waals surface area contributed by atoms with E-state index in [2.05, 4.69) is 19.2 Å². The van der Waals surface area contributed by atoms with Crippen LogP contribution in [0.15, 0.2) is 48.5 Å². The summed E-state index contributed by atoms with van der Waals surface area (Å²) in [7, 11) is 0. The maximum atomic E-state index is 12.6. The Morgan fingerprint density at radius 2 is 1.84 bits per heavy atom. The maximum absolute atomic E-state index is 12.6. The first-order valence-corrected chi connectivity index (χ1v) is 9.25. The predicted octanol–water partition coefficient (Wildman–Crippen LogP) is 5.08. The lowest BCUT2D eigenvalue weighted by Crippen LogP contribution is -2.44. The molecule has 0 saturated carbocycles. The van der Waals surface area contributed by atoms with E-state index in [4.69, 9.17) is 16.3 Å². The lowest BCUT2D eigenvalue weighted by molar-refractivity contribution is -0.121. The molecule has 1 aliphatic rings. The van der Waals surface area contributed by atoms with Crippen molar-refractivity contribution in [2.24, 2.45) is 0 Å². The second-order valence-corrected chi connectivity index (χ2v) is 7.03. The molecule has 2 aromatic carbocycles. The quantitative estimate of drug-likeness (QED) is 0.810. The van der Waals surface area contributed by atoms with Gasteiger partial charge in [0.05, 0.1) is 12.5 Å². The molecular weight excluding hydrogens is 334 g/mol. The van der Waals surface area contributed by atoms with Gasteiger partial charge in [-0.15, -0.1) is 0 Å². The van der Waals surface area contributed by atoms with Gasteiger partial charge < -0.3 is 10.1 Å². The Balaban J connectivity index is 1.81. The lowest BCUT2D eigenvalue weighted by Gasteiger charge is -2.41. The van der Waals surface area contributed by atoms with Gasteiger partial charge in [0.2, 0.25) is 5.91 Å². The average molecular weight is 358 g/mol. The number of nitrogens with one attached hydrogen (secondary N) is 1. The number of halogens is 1.